The van der Waals surface area contributed by atoms with Crippen molar-refractivity contribution < 1.29 is 14.8 Å². The zero-order chi connectivity index (χ0) is 18.2. The van der Waals surface area contributed by atoms with E-state index in [-0.39, 0.29) is 18.2 Å². The van der Waals surface area contributed by atoms with Crippen molar-refractivity contribution in [1.29, 1.82) is 0 Å². The van der Waals surface area contributed by atoms with Gasteiger partial charge in [0.2, 0.25) is 5.91 Å². The van der Waals surface area contributed by atoms with Crippen LogP contribution < -0.4 is 10.2 Å². The number of carbonyl (C=O) groups is 1. The SMILES string of the molecule is CN(CCO)c1ccc(NC(=O)/C=C/c2ccccc2[N+](=O)[O-])cc1. The Labute approximate surface area is 145 Å². The van der Waals surface area contributed by atoms with E-state index in [9.17, 15) is 14.9 Å². The lowest BCUT2D eigenvalue weighted by Gasteiger charge is -2.18. The third-order valence-electron chi connectivity index (χ3n) is 3.56. The number of benzene rings is 2. The second-order valence-electron chi connectivity index (χ2n) is 5.33. The second-order valence-corrected chi connectivity index (χ2v) is 5.33. The number of nitrogens with zero attached hydrogens (tertiary/aromatic N) is 2. The minimum absolute atomic E-state index is 0.0529. The number of hydrogen-bond donors (Lipinski definition) is 2. The number of likely N-dealkylation sites (N-methyl/N-ethyl adjacent to an activating group) is 1. The van der Waals surface area contributed by atoms with Crippen molar-refractivity contribution in [2.24, 2.45) is 0 Å². The number of nitro groups is 1. The number of anilines is 2. The number of amides is 1. The van der Waals surface area contributed by atoms with Crippen LogP contribution >= 0.6 is 0 Å². The zero-order valence-electron chi connectivity index (χ0n) is 13.8. The zero-order valence-corrected chi connectivity index (χ0v) is 13.8. The average molecular weight is 341 g/mol. The summed E-state index contributed by atoms with van der Waals surface area (Å²) in [6, 6.07) is 13.4. The van der Waals surface area contributed by atoms with Crippen molar-refractivity contribution in [3.8, 4) is 0 Å². The molecule has 2 aromatic carbocycles. The molecule has 130 valence electrons. The average Bonchev–Trinajstić information content (AvgIpc) is 2.61. The summed E-state index contributed by atoms with van der Waals surface area (Å²) in [4.78, 5) is 24.3. The van der Waals surface area contributed by atoms with Crippen LogP contribution in [-0.4, -0.2) is 36.1 Å². The molecule has 0 saturated carbocycles. The predicted molar refractivity (Wildman–Crippen MR) is 97.6 cm³/mol. The van der Waals surface area contributed by atoms with Gasteiger partial charge in [-0.05, 0) is 36.4 Å². The van der Waals surface area contributed by atoms with Gasteiger partial charge in [0.1, 0.15) is 0 Å². The Hall–Kier alpha value is -3.19. The van der Waals surface area contributed by atoms with Crippen LogP contribution in [0.4, 0.5) is 17.1 Å². The van der Waals surface area contributed by atoms with Gasteiger partial charge in [-0.2, -0.15) is 0 Å². The van der Waals surface area contributed by atoms with Gasteiger partial charge >= 0.3 is 0 Å². The Kier molecular flexibility index (Phi) is 6.25. The van der Waals surface area contributed by atoms with Crippen LogP contribution in [0.1, 0.15) is 5.56 Å². The summed E-state index contributed by atoms with van der Waals surface area (Å²) < 4.78 is 0. The molecular weight excluding hydrogens is 322 g/mol. The Morgan fingerprint density at radius 3 is 2.56 bits per heavy atom. The molecule has 0 spiro atoms. The molecular formula is C18H19N3O4. The van der Waals surface area contributed by atoms with Crippen LogP contribution in [0.25, 0.3) is 6.08 Å². The number of hydrogen-bond acceptors (Lipinski definition) is 5. The summed E-state index contributed by atoms with van der Waals surface area (Å²) in [6.07, 6.45) is 2.67. The first-order valence-corrected chi connectivity index (χ1v) is 7.66. The number of nitro benzene ring substituents is 1. The molecule has 0 atom stereocenters. The summed E-state index contributed by atoms with van der Waals surface area (Å²) in [6.45, 7) is 0.579. The van der Waals surface area contributed by atoms with Gasteiger partial charge in [-0.3, -0.25) is 14.9 Å². The predicted octanol–water partition coefficient (Wildman–Crippen LogP) is 2.68. The first kappa shape index (κ1) is 18.2. The fraction of sp³-hybridized carbons (Fsp3) is 0.167. The lowest BCUT2D eigenvalue weighted by Crippen LogP contribution is -2.20. The summed E-state index contributed by atoms with van der Waals surface area (Å²) in [5, 5.41) is 22.6. The first-order chi connectivity index (χ1) is 12.0. The molecule has 0 fully saturated rings. The van der Waals surface area contributed by atoms with Crippen molar-refractivity contribution in [1.82, 2.24) is 0 Å². The number of nitrogens with one attached hydrogen (secondary N) is 1. The minimum atomic E-state index is -0.487. The molecule has 0 aromatic heterocycles. The molecule has 0 aliphatic heterocycles. The van der Waals surface area contributed by atoms with E-state index in [1.807, 2.05) is 24.1 Å². The normalized spacial score (nSPS) is 10.6. The van der Waals surface area contributed by atoms with E-state index in [0.29, 0.717) is 17.8 Å². The molecule has 0 bridgehead atoms. The molecule has 2 N–H and O–H groups in total. The highest BCUT2D eigenvalue weighted by Gasteiger charge is 2.09. The molecule has 0 aliphatic carbocycles. The molecule has 7 nitrogen and oxygen atoms in total. The van der Waals surface area contributed by atoms with Crippen LogP contribution in [0, 0.1) is 10.1 Å². The van der Waals surface area contributed by atoms with E-state index < -0.39 is 4.92 Å². The minimum Gasteiger partial charge on any atom is -0.395 e. The molecule has 0 aliphatic rings. The third kappa shape index (κ3) is 5.15. The maximum absolute atomic E-state index is 12.0. The fourth-order valence-electron chi connectivity index (χ4n) is 2.22. The number of para-hydroxylation sites is 1. The molecule has 0 saturated heterocycles. The smallest absolute Gasteiger partial charge is 0.276 e. The van der Waals surface area contributed by atoms with E-state index in [0.717, 1.165) is 5.69 Å². The van der Waals surface area contributed by atoms with Crippen LogP contribution in [0.2, 0.25) is 0 Å². The molecule has 2 aromatic rings. The molecule has 1 amide bonds. The molecule has 0 heterocycles. The Bertz CT molecular complexity index is 772. The van der Waals surface area contributed by atoms with Crippen LogP contribution in [-0.2, 0) is 4.79 Å². The van der Waals surface area contributed by atoms with E-state index in [1.54, 1.807) is 30.3 Å². The van der Waals surface area contributed by atoms with Crippen molar-refractivity contribution >= 4 is 29.0 Å². The monoisotopic (exact) mass is 341 g/mol. The number of aliphatic hydroxyl groups is 1. The maximum atomic E-state index is 12.0. The van der Waals surface area contributed by atoms with E-state index in [1.165, 1.54) is 18.2 Å². The highest BCUT2D eigenvalue weighted by Crippen LogP contribution is 2.19. The van der Waals surface area contributed by atoms with Crippen molar-refractivity contribution in [3.63, 3.8) is 0 Å². The van der Waals surface area contributed by atoms with E-state index in [2.05, 4.69) is 5.32 Å². The summed E-state index contributed by atoms with van der Waals surface area (Å²) in [5.41, 5.74) is 1.84. The standard InChI is InChI=1S/C18H19N3O4/c1-20(12-13-22)16-9-7-15(8-10-16)19-18(23)11-6-14-4-2-3-5-17(14)21(24)25/h2-11,22H,12-13H2,1H3,(H,19,23)/b11-6+. The lowest BCUT2D eigenvalue weighted by molar-refractivity contribution is -0.385. The van der Waals surface area contributed by atoms with Gasteiger partial charge in [-0.25, -0.2) is 0 Å². The van der Waals surface area contributed by atoms with Crippen molar-refractivity contribution in [2.45, 2.75) is 0 Å². The number of carbonyl (C=O) groups excluding carboxylic acids is 1. The molecule has 25 heavy (non-hydrogen) atoms. The van der Waals surface area contributed by atoms with Crippen LogP contribution in [0.5, 0.6) is 0 Å². The summed E-state index contributed by atoms with van der Waals surface area (Å²) >= 11 is 0. The van der Waals surface area contributed by atoms with Crippen molar-refractivity contribution in [3.05, 3.63) is 70.3 Å². The van der Waals surface area contributed by atoms with Gasteiger partial charge < -0.3 is 15.3 Å². The molecule has 2 rings (SSSR count). The van der Waals surface area contributed by atoms with E-state index in [4.69, 9.17) is 5.11 Å². The molecule has 0 unspecified atom stereocenters. The van der Waals surface area contributed by atoms with Gasteiger partial charge in [-0.15, -0.1) is 0 Å². The van der Waals surface area contributed by atoms with Gasteiger partial charge in [0.25, 0.3) is 5.69 Å². The third-order valence-corrected chi connectivity index (χ3v) is 3.56. The highest BCUT2D eigenvalue weighted by molar-refractivity contribution is 6.02. The summed E-state index contributed by atoms with van der Waals surface area (Å²) in [7, 11) is 1.86. The van der Waals surface area contributed by atoms with Gasteiger partial charge in [0.15, 0.2) is 0 Å². The van der Waals surface area contributed by atoms with Gasteiger partial charge in [-0.1, -0.05) is 12.1 Å². The number of rotatable bonds is 7. The van der Waals surface area contributed by atoms with Crippen molar-refractivity contribution in [2.75, 3.05) is 30.4 Å². The number of aliphatic hydroxyl groups excluding tert-OH is 1. The molecule has 0 radical (unpaired) electrons. The highest BCUT2D eigenvalue weighted by atomic mass is 16.6. The van der Waals surface area contributed by atoms with Crippen LogP contribution in [0.3, 0.4) is 0 Å². The van der Waals surface area contributed by atoms with E-state index >= 15 is 0 Å². The fourth-order valence-corrected chi connectivity index (χ4v) is 2.22. The molecule has 7 heteroatoms. The van der Waals surface area contributed by atoms with Gasteiger partial charge in [0.05, 0.1) is 17.1 Å². The Morgan fingerprint density at radius 1 is 1.24 bits per heavy atom. The van der Waals surface area contributed by atoms with Crippen LogP contribution in [0.15, 0.2) is 54.6 Å². The topological polar surface area (TPSA) is 95.7 Å². The Morgan fingerprint density at radius 2 is 1.92 bits per heavy atom. The summed E-state index contributed by atoms with van der Waals surface area (Å²) in [5.74, 6) is -0.380. The Balaban J connectivity index is 2.02. The largest absolute Gasteiger partial charge is 0.395 e. The first-order valence-electron chi connectivity index (χ1n) is 7.66. The lowest BCUT2D eigenvalue weighted by atomic mass is 10.1. The quantitative estimate of drug-likeness (QED) is 0.458. The second kappa shape index (κ2) is 8.60. The van der Waals surface area contributed by atoms with Gasteiger partial charge in [0, 0.05) is 37.1 Å². The maximum Gasteiger partial charge on any atom is 0.276 e.